The summed E-state index contributed by atoms with van der Waals surface area (Å²) in [5.74, 6) is -2.59. The van der Waals surface area contributed by atoms with Crippen LogP contribution < -0.4 is 5.32 Å². The lowest BCUT2D eigenvalue weighted by molar-refractivity contribution is 0.00534. The smallest absolute Gasteiger partial charge is 0.261 e. The Labute approximate surface area is 230 Å². The number of phenolic OH excluding ortho intramolecular Hbond substituents is 1. The van der Waals surface area contributed by atoms with Gasteiger partial charge in [-0.2, -0.15) is 0 Å². The average molecular weight is 560 g/mol. The number of hydrogen-bond acceptors (Lipinski definition) is 5. The minimum atomic E-state index is -2.58. The fourth-order valence-corrected chi connectivity index (χ4v) is 6.36. The Balaban J connectivity index is 1.31. The van der Waals surface area contributed by atoms with E-state index in [2.05, 4.69) is 10.3 Å². The number of benzene rings is 2. The van der Waals surface area contributed by atoms with E-state index in [4.69, 9.17) is 23.2 Å². The third-order valence-electron chi connectivity index (χ3n) is 8.19. The van der Waals surface area contributed by atoms with Crippen LogP contribution in [0.5, 0.6) is 5.75 Å². The number of anilines is 1. The predicted octanol–water partition coefficient (Wildman–Crippen LogP) is 7.57. The number of Topliss-reactive ketones (excluding diaryl/α,β-unsaturated/α-hetero) is 1. The zero-order chi connectivity index (χ0) is 26.6. The summed E-state index contributed by atoms with van der Waals surface area (Å²) in [7, 11) is 0. The van der Waals surface area contributed by atoms with E-state index in [0.29, 0.717) is 12.1 Å². The molecular formula is C29H29Cl2F2N3O2. The van der Waals surface area contributed by atoms with Crippen molar-refractivity contribution in [2.24, 2.45) is 5.92 Å². The Bertz CT molecular complexity index is 1380. The number of likely N-dealkylation sites (tertiary alicyclic amines) is 1. The number of carbonyl (C=O) groups excluding carboxylic acids is 1. The zero-order valence-corrected chi connectivity index (χ0v) is 22.3. The van der Waals surface area contributed by atoms with Gasteiger partial charge in [0.05, 0.1) is 33.4 Å². The van der Waals surface area contributed by atoms with Gasteiger partial charge in [-0.3, -0.25) is 14.7 Å². The van der Waals surface area contributed by atoms with E-state index in [-0.39, 0.29) is 52.5 Å². The van der Waals surface area contributed by atoms with Crippen molar-refractivity contribution in [2.45, 2.75) is 63.0 Å². The number of halogens is 4. The number of aromatic hydroxyl groups is 1. The van der Waals surface area contributed by atoms with Gasteiger partial charge in [0, 0.05) is 42.6 Å². The molecule has 1 saturated heterocycles. The van der Waals surface area contributed by atoms with Crippen LogP contribution in [0.4, 0.5) is 14.5 Å². The maximum atomic E-state index is 13.8. The van der Waals surface area contributed by atoms with Crippen molar-refractivity contribution in [1.29, 1.82) is 0 Å². The molecule has 0 amide bonds. The molecule has 6 rings (SSSR count). The first-order valence-corrected chi connectivity index (χ1v) is 14.0. The topological polar surface area (TPSA) is 65.5 Å². The molecule has 3 aliphatic rings. The molecule has 2 heterocycles. The van der Waals surface area contributed by atoms with E-state index in [0.717, 1.165) is 66.2 Å². The third-order valence-corrected chi connectivity index (χ3v) is 8.77. The normalized spacial score (nSPS) is 23.6. The second kappa shape index (κ2) is 9.92. The van der Waals surface area contributed by atoms with Gasteiger partial charge in [0.1, 0.15) is 0 Å². The molecule has 0 unspecified atom stereocenters. The lowest BCUT2D eigenvalue weighted by atomic mass is 9.89. The first-order chi connectivity index (χ1) is 18.2. The summed E-state index contributed by atoms with van der Waals surface area (Å²) in [5, 5.41) is 14.8. The van der Waals surface area contributed by atoms with E-state index >= 15 is 0 Å². The lowest BCUT2D eigenvalue weighted by Gasteiger charge is -2.35. The van der Waals surface area contributed by atoms with Gasteiger partial charge in [-0.25, -0.2) is 8.78 Å². The van der Waals surface area contributed by atoms with Crippen molar-refractivity contribution in [1.82, 2.24) is 9.88 Å². The number of phenols is 1. The van der Waals surface area contributed by atoms with Crippen molar-refractivity contribution < 1.29 is 18.7 Å². The highest BCUT2D eigenvalue weighted by Crippen LogP contribution is 2.41. The number of nitrogens with zero attached hydrogens (tertiary/aromatic N) is 2. The Morgan fingerprint density at radius 1 is 1.03 bits per heavy atom. The number of carbonyl (C=O) groups is 1. The molecule has 0 bridgehead atoms. The molecule has 2 N–H and O–H groups in total. The summed E-state index contributed by atoms with van der Waals surface area (Å²) in [4.78, 5) is 19.8. The molecule has 3 fully saturated rings. The zero-order valence-electron chi connectivity index (χ0n) is 20.8. The maximum Gasteiger partial charge on any atom is 0.261 e. The summed E-state index contributed by atoms with van der Waals surface area (Å²) in [6.45, 7) is 0.317. The lowest BCUT2D eigenvalue weighted by Crippen LogP contribution is -2.40. The molecule has 38 heavy (non-hydrogen) atoms. The maximum absolute atomic E-state index is 13.8. The van der Waals surface area contributed by atoms with E-state index in [9.17, 15) is 18.7 Å². The van der Waals surface area contributed by atoms with E-state index in [1.807, 2.05) is 23.1 Å². The fraction of sp³-hybridized carbons (Fsp3) is 0.448. The SMILES string of the molecule is O=C(c1cnc2ccc(-c3cc(Cl)c(O)c(Cl)c3)cc2c1NC1CCC(N2CCC(F)(F)C2)CC1)C1CC1. The molecule has 200 valence electrons. The highest BCUT2D eigenvalue weighted by atomic mass is 35.5. The van der Waals surface area contributed by atoms with Crippen LogP contribution in [0.3, 0.4) is 0 Å². The van der Waals surface area contributed by atoms with Crippen molar-refractivity contribution in [2.75, 3.05) is 18.4 Å². The van der Waals surface area contributed by atoms with Gasteiger partial charge in [-0.05, 0) is 73.9 Å². The first-order valence-electron chi connectivity index (χ1n) is 13.2. The van der Waals surface area contributed by atoms with E-state index < -0.39 is 5.92 Å². The van der Waals surface area contributed by atoms with Gasteiger partial charge in [0.25, 0.3) is 5.92 Å². The van der Waals surface area contributed by atoms with Gasteiger partial charge < -0.3 is 10.4 Å². The van der Waals surface area contributed by atoms with Gasteiger partial charge >= 0.3 is 0 Å². The van der Waals surface area contributed by atoms with Crippen LogP contribution in [0.25, 0.3) is 22.0 Å². The molecule has 1 aromatic heterocycles. The standard InChI is InChI=1S/C29H29Cl2F2N3O2/c30-23-12-18(13-24(31)28(23)38)17-3-8-25-21(11-17)26(22(14-34-25)27(37)16-1-2-16)35-19-4-6-20(7-5-19)36-10-9-29(32,33)15-36/h3,8,11-14,16,19-20,38H,1-2,4-7,9-10,15H2,(H,34,35). The van der Waals surface area contributed by atoms with Crippen LogP contribution >= 0.6 is 23.2 Å². The Morgan fingerprint density at radius 2 is 1.74 bits per heavy atom. The number of pyridine rings is 1. The van der Waals surface area contributed by atoms with Crippen LogP contribution in [0.1, 0.15) is 55.3 Å². The Morgan fingerprint density at radius 3 is 2.37 bits per heavy atom. The molecule has 0 radical (unpaired) electrons. The summed E-state index contributed by atoms with van der Waals surface area (Å²) in [6, 6.07) is 9.42. The van der Waals surface area contributed by atoms with Crippen LogP contribution in [0.15, 0.2) is 36.5 Å². The average Bonchev–Trinajstić information content (AvgIpc) is 3.69. The van der Waals surface area contributed by atoms with Crippen molar-refractivity contribution in [3.8, 4) is 16.9 Å². The fourth-order valence-electron chi connectivity index (χ4n) is 5.88. The monoisotopic (exact) mass is 559 g/mol. The molecular weight excluding hydrogens is 531 g/mol. The molecule has 1 aliphatic heterocycles. The Hall–Kier alpha value is -2.48. The molecule has 5 nitrogen and oxygen atoms in total. The van der Waals surface area contributed by atoms with Gasteiger partial charge in [0.2, 0.25) is 0 Å². The molecule has 9 heteroatoms. The number of hydrogen-bond donors (Lipinski definition) is 2. The highest BCUT2D eigenvalue weighted by Gasteiger charge is 2.41. The molecule has 3 aromatic rings. The summed E-state index contributed by atoms with van der Waals surface area (Å²) in [5.41, 5.74) is 3.71. The molecule has 0 atom stereocenters. The number of ketones is 1. The molecule has 2 aliphatic carbocycles. The highest BCUT2D eigenvalue weighted by molar-refractivity contribution is 6.37. The second-order valence-corrected chi connectivity index (χ2v) is 11.7. The van der Waals surface area contributed by atoms with Crippen molar-refractivity contribution >= 4 is 45.6 Å². The summed E-state index contributed by atoms with van der Waals surface area (Å²) in [6.07, 6.45) is 6.79. The minimum absolute atomic E-state index is 0.0419. The van der Waals surface area contributed by atoms with Gasteiger partial charge in [-0.15, -0.1) is 0 Å². The quantitative estimate of drug-likeness (QED) is 0.305. The summed E-state index contributed by atoms with van der Waals surface area (Å²) < 4.78 is 27.5. The van der Waals surface area contributed by atoms with Crippen LogP contribution in [-0.2, 0) is 0 Å². The third kappa shape index (κ3) is 5.08. The largest absolute Gasteiger partial charge is 0.505 e. The number of fused-ring (bicyclic) bond motifs is 1. The molecule has 2 saturated carbocycles. The van der Waals surface area contributed by atoms with Crippen molar-refractivity contribution in [3.05, 3.63) is 52.1 Å². The van der Waals surface area contributed by atoms with Crippen LogP contribution in [0, 0.1) is 5.92 Å². The molecule has 0 spiro atoms. The number of nitrogens with one attached hydrogen (secondary N) is 1. The van der Waals surface area contributed by atoms with E-state index in [1.165, 1.54) is 0 Å². The van der Waals surface area contributed by atoms with Gasteiger partial charge in [-0.1, -0.05) is 29.3 Å². The Kier molecular flexibility index (Phi) is 6.73. The predicted molar refractivity (Wildman–Crippen MR) is 147 cm³/mol. The number of alkyl halides is 2. The second-order valence-electron chi connectivity index (χ2n) is 10.9. The minimum Gasteiger partial charge on any atom is -0.505 e. The van der Waals surface area contributed by atoms with Crippen molar-refractivity contribution in [3.63, 3.8) is 0 Å². The van der Waals surface area contributed by atoms with E-state index in [1.54, 1.807) is 18.3 Å². The number of aromatic nitrogens is 1. The first kappa shape index (κ1) is 25.8. The summed E-state index contributed by atoms with van der Waals surface area (Å²) >= 11 is 12.4. The van der Waals surface area contributed by atoms with Crippen LogP contribution in [-0.4, -0.2) is 51.9 Å². The number of rotatable bonds is 6. The van der Waals surface area contributed by atoms with Crippen LogP contribution in [0.2, 0.25) is 10.0 Å². The molecule has 2 aromatic carbocycles. The van der Waals surface area contributed by atoms with Gasteiger partial charge in [0.15, 0.2) is 11.5 Å².